The van der Waals surface area contributed by atoms with Crippen LogP contribution in [-0.4, -0.2) is 45.6 Å². The third-order valence-corrected chi connectivity index (χ3v) is 6.65. The van der Waals surface area contributed by atoms with Gasteiger partial charge in [0.05, 0.1) is 15.2 Å². The Morgan fingerprint density at radius 1 is 1.23 bits per heavy atom. The molecule has 2 N–H and O–H groups in total. The van der Waals surface area contributed by atoms with E-state index in [2.05, 4.69) is 33.7 Å². The van der Waals surface area contributed by atoms with Crippen LogP contribution < -0.4 is 5.32 Å². The molecule has 1 saturated heterocycles. The number of hydrogen-bond acceptors (Lipinski definition) is 5. The number of rotatable bonds is 2. The van der Waals surface area contributed by atoms with Gasteiger partial charge >= 0.3 is 0 Å². The fourth-order valence-electron chi connectivity index (χ4n) is 3.95. The van der Waals surface area contributed by atoms with E-state index in [1.807, 2.05) is 11.0 Å². The number of nitrogens with one attached hydrogen (secondary N) is 2. The number of piperidine rings is 1. The number of para-hydroxylation sites is 1. The molecular weight excluding hydrogens is 346 g/mol. The molecule has 1 amide bonds. The number of fused-ring (bicyclic) bond motifs is 2. The van der Waals surface area contributed by atoms with Crippen LogP contribution in [0.5, 0.6) is 0 Å². The molecule has 0 atom stereocenters. The zero-order valence-corrected chi connectivity index (χ0v) is 15.3. The van der Waals surface area contributed by atoms with Gasteiger partial charge in [0.15, 0.2) is 5.69 Å². The van der Waals surface area contributed by atoms with Gasteiger partial charge in [-0.3, -0.25) is 9.89 Å². The number of H-pyrrole nitrogens is 1. The van der Waals surface area contributed by atoms with Gasteiger partial charge in [-0.05, 0) is 25.0 Å². The highest BCUT2D eigenvalue weighted by molar-refractivity contribution is 7.18. The normalized spacial score (nSPS) is 18.2. The summed E-state index contributed by atoms with van der Waals surface area (Å²) in [6.07, 6.45) is 2.85. The van der Waals surface area contributed by atoms with Crippen LogP contribution >= 0.6 is 11.3 Å². The average molecular weight is 367 g/mol. The first-order valence-corrected chi connectivity index (χ1v) is 10.0. The lowest BCUT2D eigenvalue weighted by molar-refractivity contribution is 0.0705. The minimum atomic E-state index is 0.0638. The summed E-state index contributed by atoms with van der Waals surface area (Å²) in [5.41, 5.74) is 3.85. The second kappa shape index (κ2) is 6.48. The van der Waals surface area contributed by atoms with Crippen LogP contribution in [0.4, 0.5) is 0 Å². The lowest BCUT2D eigenvalue weighted by Gasteiger charge is -2.31. The van der Waals surface area contributed by atoms with Crippen molar-refractivity contribution in [3.05, 3.63) is 46.2 Å². The van der Waals surface area contributed by atoms with Gasteiger partial charge < -0.3 is 10.2 Å². The molecule has 2 aromatic heterocycles. The second-order valence-electron chi connectivity index (χ2n) is 7.04. The summed E-state index contributed by atoms with van der Waals surface area (Å²) < 4.78 is 1.25. The minimum absolute atomic E-state index is 0.0638. The van der Waals surface area contributed by atoms with E-state index >= 15 is 0 Å². The van der Waals surface area contributed by atoms with Crippen molar-refractivity contribution >= 4 is 27.5 Å². The Labute approximate surface area is 155 Å². The summed E-state index contributed by atoms with van der Waals surface area (Å²) >= 11 is 1.79. The van der Waals surface area contributed by atoms with Crippen LogP contribution in [0, 0.1) is 0 Å². The molecule has 2 aliphatic heterocycles. The van der Waals surface area contributed by atoms with E-state index in [0.29, 0.717) is 11.6 Å². The molecule has 7 heteroatoms. The number of carbonyl (C=O) groups excluding carboxylic acids is 1. The van der Waals surface area contributed by atoms with E-state index in [0.717, 1.165) is 62.2 Å². The molecule has 5 rings (SSSR count). The number of carbonyl (C=O) groups is 1. The summed E-state index contributed by atoms with van der Waals surface area (Å²) in [6, 6.07) is 8.30. The smallest absolute Gasteiger partial charge is 0.274 e. The first-order valence-electron chi connectivity index (χ1n) is 9.21. The van der Waals surface area contributed by atoms with Gasteiger partial charge in [0.2, 0.25) is 0 Å². The van der Waals surface area contributed by atoms with E-state index < -0.39 is 0 Å². The number of thiazole rings is 1. The molecule has 0 spiro atoms. The molecule has 3 aromatic rings. The Bertz CT molecular complexity index is 921. The largest absolute Gasteiger partial charge is 0.337 e. The number of aromatic nitrogens is 3. The fraction of sp³-hybridized carbons (Fsp3) is 0.421. The molecule has 0 unspecified atom stereocenters. The Hall–Kier alpha value is -2.25. The van der Waals surface area contributed by atoms with Gasteiger partial charge in [0, 0.05) is 49.8 Å². The molecule has 1 fully saturated rings. The molecule has 1 aromatic carbocycles. The zero-order chi connectivity index (χ0) is 17.5. The van der Waals surface area contributed by atoms with Crippen molar-refractivity contribution in [2.45, 2.75) is 31.7 Å². The molecule has 2 aliphatic rings. The number of benzene rings is 1. The number of nitrogens with zero attached hydrogens (tertiary/aromatic N) is 3. The summed E-state index contributed by atoms with van der Waals surface area (Å²) in [6.45, 7) is 3.22. The van der Waals surface area contributed by atoms with Crippen molar-refractivity contribution in [1.29, 1.82) is 0 Å². The topological polar surface area (TPSA) is 73.9 Å². The Morgan fingerprint density at radius 2 is 2.08 bits per heavy atom. The molecule has 0 saturated carbocycles. The Balaban J connectivity index is 1.29. The van der Waals surface area contributed by atoms with E-state index in [9.17, 15) is 4.79 Å². The SMILES string of the molecule is O=C(c1n[nH]c2c1CNCC2)N1CCC(c2nc3ccccc3s2)CC1. The summed E-state index contributed by atoms with van der Waals surface area (Å²) in [5, 5.41) is 11.9. The van der Waals surface area contributed by atoms with Crippen molar-refractivity contribution in [2.75, 3.05) is 19.6 Å². The number of hydrogen-bond donors (Lipinski definition) is 2. The quantitative estimate of drug-likeness (QED) is 0.730. The van der Waals surface area contributed by atoms with Crippen molar-refractivity contribution in [2.24, 2.45) is 0 Å². The fourth-order valence-corrected chi connectivity index (χ4v) is 5.08. The van der Waals surface area contributed by atoms with Crippen molar-refractivity contribution in [3.63, 3.8) is 0 Å². The summed E-state index contributed by atoms with van der Waals surface area (Å²) in [7, 11) is 0. The van der Waals surface area contributed by atoms with Crippen LogP contribution in [0.3, 0.4) is 0 Å². The van der Waals surface area contributed by atoms with Gasteiger partial charge in [0.25, 0.3) is 5.91 Å². The Kier molecular flexibility index (Phi) is 3.98. The number of aromatic amines is 1. The van der Waals surface area contributed by atoms with Crippen LogP contribution in [0.25, 0.3) is 10.2 Å². The average Bonchev–Trinajstić information content (AvgIpc) is 3.32. The van der Waals surface area contributed by atoms with Gasteiger partial charge in [0.1, 0.15) is 0 Å². The first kappa shape index (κ1) is 16.0. The molecule has 134 valence electrons. The zero-order valence-electron chi connectivity index (χ0n) is 14.5. The van der Waals surface area contributed by atoms with E-state index in [1.165, 1.54) is 9.71 Å². The predicted octanol–water partition coefficient (Wildman–Crippen LogP) is 2.68. The standard InChI is InChI=1S/C19H21N5OS/c25-19(17-13-11-20-8-5-14(13)22-23-17)24-9-6-12(7-10-24)18-21-15-3-1-2-4-16(15)26-18/h1-4,12,20H,5-11H2,(H,22,23). The second-order valence-corrected chi connectivity index (χ2v) is 8.10. The van der Waals surface area contributed by atoms with Gasteiger partial charge in [-0.1, -0.05) is 12.1 Å². The van der Waals surface area contributed by atoms with E-state index in [-0.39, 0.29) is 5.91 Å². The van der Waals surface area contributed by atoms with Gasteiger partial charge in [-0.25, -0.2) is 4.98 Å². The lowest BCUT2D eigenvalue weighted by atomic mass is 9.97. The monoisotopic (exact) mass is 367 g/mol. The lowest BCUT2D eigenvalue weighted by Crippen LogP contribution is -2.39. The number of amides is 1. The maximum Gasteiger partial charge on any atom is 0.274 e. The van der Waals surface area contributed by atoms with Crippen LogP contribution in [-0.2, 0) is 13.0 Å². The molecule has 0 bridgehead atoms. The maximum absolute atomic E-state index is 12.9. The predicted molar refractivity (Wildman–Crippen MR) is 101 cm³/mol. The maximum atomic E-state index is 12.9. The molecule has 4 heterocycles. The van der Waals surface area contributed by atoms with Crippen molar-refractivity contribution in [1.82, 2.24) is 25.4 Å². The van der Waals surface area contributed by atoms with Gasteiger partial charge in [-0.15, -0.1) is 11.3 Å². The molecule has 6 nitrogen and oxygen atoms in total. The first-order chi connectivity index (χ1) is 12.8. The highest BCUT2D eigenvalue weighted by Gasteiger charge is 2.30. The molecule has 0 aliphatic carbocycles. The van der Waals surface area contributed by atoms with Crippen LogP contribution in [0.2, 0.25) is 0 Å². The number of likely N-dealkylation sites (tertiary alicyclic amines) is 1. The highest BCUT2D eigenvalue weighted by atomic mass is 32.1. The van der Waals surface area contributed by atoms with Crippen LogP contribution in [0.15, 0.2) is 24.3 Å². The Morgan fingerprint density at radius 3 is 2.92 bits per heavy atom. The van der Waals surface area contributed by atoms with Crippen molar-refractivity contribution < 1.29 is 4.79 Å². The molecule has 26 heavy (non-hydrogen) atoms. The van der Waals surface area contributed by atoms with Crippen molar-refractivity contribution in [3.8, 4) is 0 Å². The van der Waals surface area contributed by atoms with E-state index in [1.54, 1.807) is 11.3 Å². The molecular formula is C19H21N5OS. The van der Waals surface area contributed by atoms with Crippen LogP contribution in [0.1, 0.15) is 45.5 Å². The minimum Gasteiger partial charge on any atom is -0.337 e. The summed E-state index contributed by atoms with van der Waals surface area (Å²) in [4.78, 5) is 19.7. The third-order valence-electron chi connectivity index (χ3n) is 5.45. The highest BCUT2D eigenvalue weighted by Crippen LogP contribution is 2.34. The third kappa shape index (κ3) is 2.71. The van der Waals surface area contributed by atoms with Gasteiger partial charge in [-0.2, -0.15) is 5.10 Å². The summed E-state index contributed by atoms with van der Waals surface area (Å²) in [5.74, 6) is 0.514. The van der Waals surface area contributed by atoms with E-state index in [4.69, 9.17) is 4.98 Å². The molecule has 0 radical (unpaired) electrons.